The molecule has 5 N–H and O–H groups in total. The number of esters is 1. The Labute approximate surface area is 244 Å². The molecule has 12 nitrogen and oxygen atoms in total. The zero-order valence-electron chi connectivity index (χ0n) is 24.5. The van der Waals surface area contributed by atoms with E-state index in [1.807, 2.05) is 13.0 Å². The number of nitrogens with zero attached hydrogens (tertiary/aromatic N) is 2. The Balaban J connectivity index is 1.24. The van der Waals surface area contributed by atoms with Crippen LogP contribution in [-0.4, -0.2) is 86.7 Å². The molecule has 1 unspecified atom stereocenters. The molecule has 0 aromatic carbocycles. The number of aliphatic hydroxyl groups is 3. The fourth-order valence-electron chi connectivity index (χ4n) is 8.73. The van der Waals surface area contributed by atoms with E-state index in [9.17, 15) is 29.7 Å². The number of ketones is 1. The fourth-order valence-corrected chi connectivity index (χ4v) is 8.73. The van der Waals surface area contributed by atoms with Crippen molar-refractivity contribution in [1.82, 2.24) is 15.3 Å². The molecule has 12 heteroatoms. The molecule has 0 saturated heterocycles. The lowest BCUT2D eigenvalue weighted by Gasteiger charge is -2.60. The number of hydrogen-bond acceptors (Lipinski definition) is 10. The molecule has 0 radical (unpaired) electrons. The summed E-state index contributed by atoms with van der Waals surface area (Å²) in [7, 11) is 1.26. The highest BCUT2D eigenvalue weighted by Gasteiger charge is 2.68. The number of fused-ring (bicyclic) bond motifs is 5. The molecule has 1 heterocycles. The zero-order chi connectivity index (χ0) is 30.3. The van der Waals surface area contributed by atoms with Crippen molar-refractivity contribution in [2.75, 3.05) is 20.3 Å². The molecule has 1 aromatic rings. The molecular weight excluding hydrogens is 544 g/mol. The van der Waals surface area contributed by atoms with Gasteiger partial charge in [0.15, 0.2) is 12.4 Å². The van der Waals surface area contributed by atoms with Gasteiger partial charge in [-0.1, -0.05) is 24.6 Å². The first-order valence-corrected chi connectivity index (χ1v) is 14.8. The summed E-state index contributed by atoms with van der Waals surface area (Å²) >= 11 is 0. The first-order valence-electron chi connectivity index (χ1n) is 14.8. The molecule has 4 aliphatic carbocycles. The Hall–Kier alpha value is -3.09. The number of H-pyrrole nitrogens is 1. The van der Waals surface area contributed by atoms with Crippen LogP contribution in [0.3, 0.4) is 0 Å². The predicted octanol–water partition coefficient (Wildman–Crippen LogP) is 1.21. The van der Waals surface area contributed by atoms with Crippen molar-refractivity contribution in [3.8, 4) is 0 Å². The van der Waals surface area contributed by atoms with Crippen LogP contribution in [0.2, 0.25) is 0 Å². The number of ether oxygens (including phenoxy) is 1. The second kappa shape index (κ2) is 11.5. The average molecular weight is 587 g/mol. The van der Waals surface area contributed by atoms with Gasteiger partial charge in [0.2, 0.25) is 0 Å². The van der Waals surface area contributed by atoms with E-state index in [0.29, 0.717) is 31.4 Å². The van der Waals surface area contributed by atoms with Crippen molar-refractivity contribution < 1.29 is 39.3 Å². The number of aliphatic hydroxyl groups excluding tert-OH is 2. The van der Waals surface area contributed by atoms with Gasteiger partial charge in [0.25, 0.3) is 5.91 Å². The van der Waals surface area contributed by atoms with Crippen molar-refractivity contribution in [2.45, 2.75) is 83.0 Å². The summed E-state index contributed by atoms with van der Waals surface area (Å²) in [6, 6.07) is -0.895. The Morgan fingerprint density at radius 2 is 2.02 bits per heavy atom. The molecule has 230 valence electrons. The van der Waals surface area contributed by atoms with Gasteiger partial charge in [-0.25, -0.2) is 9.78 Å². The maximum atomic E-state index is 12.6. The first kappa shape index (κ1) is 30.4. The van der Waals surface area contributed by atoms with Gasteiger partial charge in [-0.3, -0.25) is 9.59 Å². The number of oxime groups is 1. The van der Waals surface area contributed by atoms with Gasteiger partial charge in [-0.2, -0.15) is 0 Å². The van der Waals surface area contributed by atoms with Crippen molar-refractivity contribution in [3.05, 3.63) is 29.9 Å². The van der Waals surface area contributed by atoms with Gasteiger partial charge in [-0.05, 0) is 74.2 Å². The number of rotatable bonds is 9. The lowest BCUT2D eigenvalue weighted by atomic mass is 9.45. The van der Waals surface area contributed by atoms with Crippen molar-refractivity contribution in [1.29, 1.82) is 0 Å². The fraction of sp³-hybridized carbons (Fsp3) is 0.700. The number of methoxy groups -OCH3 is 1. The minimum Gasteiger partial charge on any atom is -0.467 e. The van der Waals surface area contributed by atoms with E-state index in [2.05, 4.69) is 27.4 Å². The molecule has 0 bridgehead atoms. The smallest absolute Gasteiger partial charge is 0.328 e. The van der Waals surface area contributed by atoms with Crippen LogP contribution in [0.1, 0.15) is 64.5 Å². The zero-order valence-corrected chi connectivity index (χ0v) is 24.5. The largest absolute Gasteiger partial charge is 0.467 e. The van der Waals surface area contributed by atoms with E-state index in [4.69, 9.17) is 9.57 Å². The molecule has 3 fully saturated rings. The van der Waals surface area contributed by atoms with E-state index < -0.39 is 47.4 Å². The molecule has 0 spiro atoms. The number of carbonyl (C=O) groups excluding carboxylic acids is 3. The van der Waals surface area contributed by atoms with Gasteiger partial charge in [-0.15, -0.1) is 0 Å². The monoisotopic (exact) mass is 586 g/mol. The van der Waals surface area contributed by atoms with Crippen molar-refractivity contribution in [3.63, 3.8) is 0 Å². The molecule has 42 heavy (non-hydrogen) atoms. The van der Waals surface area contributed by atoms with Crippen LogP contribution >= 0.6 is 0 Å². The van der Waals surface area contributed by atoms with E-state index in [1.165, 1.54) is 19.0 Å². The molecule has 1 aromatic heterocycles. The number of Topliss-reactive ketones (excluding diaryl/α,β-unsaturated/α-hetero) is 1. The van der Waals surface area contributed by atoms with Gasteiger partial charge in [0.1, 0.15) is 18.2 Å². The lowest BCUT2D eigenvalue weighted by Crippen LogP contribution is -2.62. The highest BCUT2D eigenvalue weighted by molar-refractivity contribution is 5.96. The number of aromatic amines is 1. The normalized spacial score (nSPS) is 37.1. The second-order valence-electron chi connectivity index (χ2n) is 12.9. The minimum absolute atomic E-state index is 0.0134. The number of imidazole rings is 1. The van der Waals surface area contributed by atoms with Gasteiger partial charge >= 0.3 is 5.97 Å². The molecular formula is C30H42N4O8. The third-order valence-electron chi connectivity index (χ3n) is 10.8. The lowest BCUT2D eigenvalue weighted by molar-refractivity contribution is -0.181. The third-order valence-corrected chi connectivity index (χ3v) is 10.8. The number of hydrogen-bond donors (Lipinski definition) is 5. The summed E-state index contributed by atoms with van der Waals surface area (Å²) in [5.41, 5.74) is -0.0624. The number of amides is 1. The molecule has 1 amide bonds. The summed E-state index contributed by atoms with van der Waals surface area (Å²) in [5.74, 6) is -1.41. The predicted molar refractivity (Wildman–Crippen MR) is 150 cm³/mol. The van der Waals surface area contributed by atoms with Crippen LogP contribution in [0.4, 0.5) is 0 Å². The van der Waals surface area contributed by atoms with E-state index in [0.717, 1.165) is 25.0 Å². The quantitative estimate of drug-likeness (QED) is 0.210. The number of aromatic nitrogens is 2. The SMILES string of the molecule is COC(=O)C(Cc1cnc[nH]1)NC(=O)CON=C1C=C2CC[C@@H]3[C@H]([C@H](O)C[C@@]4(C)[C@H]3CC[C@]4(O)C(=O)CO)[C@@]2(C)CC1. The van der Waals surface area contributed by atoms with Crippen molar-refractivity contribution in [2.24, 2.45) is 33.7 Å². The highest BCUT2D eigenvalue weighted by Crippen LogP contribution is 2.67. The van der Waals surface area contributed by atoms with Gasteiger partial charge in [0.05, 0.1) is 25.3 Å². The van der Waals surface area contributed by atoms with Crippen LogP contribution in [0.25, 0.3) is 0 Å². The standard InChI is InChI=1S/C30H42N4O8/c1-28-8-6-18(34-42-15-25(38)33-22(27(39)41-3)11-19-13-31-16-32-19)10-17(28)4-5-20-21-7-9-30(40,24(37)14-35)29(21,2)12-23(36)26(20)28/h10,13,16,20-23,26,35-36,40H,4-9,11-12,14-15H2,1-3H3,(H,31,32)(H,33,38)/t20-,21-,22?,23+,26+,28-,29-,30-/m0/s1. The second-order valence-corrected chi connectivity index (χ2v) is 12.9. The van der Waals surface area contributed by atoms with Crippen LogP contribution in [0.15, 0.2) is 29.3 Å². The summed E-state index contributed by atoms with van der Waals surface area (Å²) in [5, 5.41) is 39.3. The van der Waals surface area contributed by atoms with E-state index in [-0.39, 0.29) is 36.2 Å². The first-order chi connectivity index (χ1) is 20.0. The number of nitrogens with one attached hydrogen (secondary N) is 2. The third kappa shape index (κ3) is 5.07. The maximum Gasteiger partial charge on any atom is 0.328 e. The molecule has 5 rings (SSSR count). The van der Waals surface area contributed by atoms with Crippen molar-refractivity contribution >= 4 is 23.4 Å². The Bertz CT molecular complexity index is 1260. The molecule has 0 aliphatic heterocycles. The van der Waals surface area contributed by atoms with E-state index >= 15 is 0 Å². The summed E-state index contributed by atoms with van der Waals surface area (Å²) in [6.45, 7) is 3.05. The summed E-state index contributed by atoms with van der Waals surface area (Å²) in [6.07, 6.45) is 8.90. The van der Waals surface area contributed by atoms with Gasteiger partial charge < -0.3 is 35.2 Å². The Morgan fingerprint density at radius 3 is 2.71 bits per heavy atom. The molecule has 8 atom stereocenters. The van der Waals surface area contributed by atoms with E-state index in [1.54, 1.807) is 6.20 Å². The Morgan fingerprint density at radius 1 is 1.24 bits per heavy atom. The number of carbonyl (C=O) groups is 3. The summed E-state index contributed by atoms with van der Waals surface area (Å²) in [4.78, 5) is 49.4. The molecule has 3 saturated carbocycles. The average Bonchev–Trinajstić information content (AvgIpc) is 3.57. The maximum absolute atomic E-state index is 12.6. The number of allylic oxidation sites excluding steroid dienone is 2. The van der Waals surface area contributed by atoms with Gasteiger partial charge in [0, 0.05) is 23.7 Å². The van der Waals surface area contributed by atoms with Crippen LogP contribution in [-0.2, 0) is 30.4 Å². The summed E-state index contributed by atoms with van der Waals surface area (Å²) < 4.78 is 4.80. The molecule has 4 aliphatic rings. The van der Waals surface area contributed by atoms with Crippen LogP contribution in [0, 0.1) is 28.6 Å². The highest BCUT2D eigenvalue weighted by atomic mass is 16.6. The minimum atomic E-state index is -1.61. The topological polar surface area (TPSA) is 183 Å². The van der Waals surface area contributed by atoms with Crippen LogP contribution in [0.5, 0.6) is 0 Å². The Kier molecular flexibility index (Phi) is 8.34. The van der Waals surface area contributed by atoms with Crippen LogP contribution < -0.4 is 5.32 Å².